The average molecular weight is 419 g/mol. The highest BCUT2D eigenvalue weighted by Crippen LogP contribution is 2.24. The van der Waals surface area contributed by atoms with Gasteiger partial charge < -0.3 is 14.2 Å². The van der Waals surface area contributed by atoms with Gasteiger partial charge in [-0.1, -0.05) is 59.8 Å². The monoisotopic (exact) mass is 418 g/mol. The maximum absolute atomic E-state index is 12.4. The van der Waals surface area contributed by atoms with Gasteiger partial charge in [-0.2, -0.15) is 0 Å². The van der Waals surface area contributed by atoms with E-state index in [1.807, 2.05) is 20.8 Å². The second-order valence-corrected chi connectivity index (χ2v) is 9.11. The van der Waals surface area contributed by atoms with Gasteiger partial charge in [-0.3, -0.25) is 9.59 Å². The van der Waals surface area contributed by atoms with Crippen LogP contribution in [-0.2, 0) is 23.8 Å². The molecule has 0 aromatic rings. The molecule has 0 radical (unpaired) electrons. The van der Waals surface area contributed by atoms with Crippen LogP contribution in [0.5, 0.6) is 0 Å². The van der Waals surface area contributed by atoms with Gasteiger partial charge >= 0.3 is 11.9 Å². The van der Waals surface area contributed by atoms with Gasteiger partial charge in [0.05, 0.1) is 19.6 Å². The molecule has 0 spiro atoms. The molecular formula is C22H42O5S. The Balaban J connectivity index is 4.35. The minimum atomic E-state index is -0.582. The molecule has 6 heteroatoms. The van der Waals surface area contributed by atoms with Crippen molar-refractivity contribution in [3.05, 3.63) is 0 Å². The van der Waals surface area contributed by atoms with Crippen molar-refractivity contribution in [2.75, 3.05) is 19.8 Å². The summed E-state index contributed by atoms with van der Waals surface area (Å²) in [5.41, 5.74) is -0.169. The molecule has 0 heterocycles. The molecule has 0 aliphatic rings. The van der Waals surface area contributed by atoms with Crippen LogP contribution in [0.3, 0.4) is 0 Å². The first-order valence-electron chi connectivity index (χ1n) is 11.0. The molecule has 166 valence electrons. The number of hydrogen-bond donors (Lipinski definition) is 0. The smallest absolute Gasteiger partial charge is 0.319 e. The molecule has 28 heavy (non-hydrogen) atoms. The van der Waals surface area contributed by atoms with Gasteiger partial charge in [-0.15, -0.1) is 11.8 Å². The van der Waals surface area contributed by atoms with Gasteiger partial charge in [-0.25, -0.2) is 0 Å². The van der Waals surface area contributed by atoms with Crippen LogP contribution in [0, 0.1) is 5.92 Å². The Hall–Kier alpha value is -0.750. The molecule has 0 amide bonds. The van der Waals surface area contributed by atoms with E-state index in [0.717, 1.165) is 44.4 Å². The van der Waals surface area contributed by atoms with E-state index in [0.29, 0.717) is 19.8 Å². The first-order valence-corrected chi connectivity index (χ1v) is 11.9. The number of esters is 2. The van der Waals surface area contributed by atoms with Crippen LogP contribution in [-0.4, -0.2) is 42.4 Å². The van der Waals surface area contributed by atoms with Gasteiger partial charge in [0.25, 0.3) is 0 Å². The number of rotatable bonds is 18. The molecule has 0 bridgehead atoms. The van der Waals surface area contributed by atoms with E-state index >= 15 is 0 Å². The van der Waals surface area contributed by atoms with Crippen molar-refractivity contribution in [2.24, 2.45) is 5.92 Å². The second-order valence-electron chi connectivity index (χ2n) is 7.61. The third-order valence-electron chi connectivity index (χ3n) is 4.25. The van der Waals surface area contributed by atoms with Gasteiger partial charge in [0, 0.05) is 6.61 Å². The van der Waals surface area contributed by atoms with E-state index in [9.17, 15) is 9.59 Å². The molecule has 2 unspecified atom stereocenters. The predicted molar refractivity (Wildman–Crippen MR) is 116 cm³/mol. The first-order chi connectivity index (χ1) is 13.4. The number of ether oxygens (including phenoxy) is 3. The first kappa shape index (κ1) is 27.2. The summed E-state index contributed by atoms with van der Waals surface area (Å²) < 4.78 is 16.4. The van der Waals surface area contributed by atoms with Crippen molar-refractivity contribution in [3.8, 4) is 0 Å². The van der Waals surface area contributed by atoms with E-state index < -0.39 is 5.25 Å². The molecule has 0 fully saturated rings. The molecule has 0 aromatic carbocycles. The summed E-state index contributed by atoms with van der Waals surface area (Å²) in [7, 11) is 0. The molecular weight excluding hydrogens is 376 g/mol. The standard InChI is InChI=1S/C22H42O5S/c1-6-8-14-26-21(23)17-20(22(24)27-15-9-7-2)28-19(5)25-16-12-10-11-13-18(3)4/h18-20H,6-17H2,1-5H3. The summed E-state index contributed by atoms with van der Waals surface area (Å²) in [4.78, 5) is 24.4. The van der Waals surface area contributed by atoms with Crippen molar-refractivity contribution in [1.82, 2.24) is 0 Å². The summed E-state index contributed by atoms with van der Waals surface area (Å²) in [5.74, 6) is 0.0458. The van der Waals surface area contributed by atoms with Crippen molar-refractivity contribution in [3.63, 3.8) is 0 Å². The largest absolute Gasteiger partial charge is 0.466 e. The summed E-state index contributed by atoms with van der Waals surface area (Å²) in [5, 5.41) is -0.582. The Morgan fingerprint density at radius 1 is 0.821 bits per heavy atom. The molecule has 0 aromatic heterocycles. The number of carbonyl (C=O) groups is 2. The van der Waals surface area contributed by atoms with E-state index in [-0.39, 0.29) is 23.8 Å². The number of carbonyl (C=O) groups excluding carboxylic acids is 2. The van der Waals surface area contributed by atoms with Gasteiger partial charge in [0.1, 0.15) is 10.7 Å². The Morgan fingerprint density at radius 2 is 1.46 bits per heavy atom. The molecule has 0 aliphatic heterocycles. The number of thioether (sulfide) groups is 1. The highest BCUT2D eigenvalue weighted by atomic mass is 32.2. The van der Waals surface area contributed by atoms with Crippen LogP contribution in [0.2, 0.25) is 0 Å². The van der Waals surface area contributed by atoms with Crippen molar-refractivity contribution < 1.29 is 23.8 Å². The highest BCUT2D eigenvalue weighted by Gasteiger charge is 2.27. The SMILES string of the molecule is CCCCOC(=O)CC(SC(C)OCCCCCC(C)C)C(=O)OCCCC. The minimum absolute atomic E-state index is 0.0292. The number of hydrogen-bond acceptors (Lipinski definition) is 6. The number of unbranched alkanes of at least 4 members (excludes halogenated alkanes) is 4. The molecule has 0 saturated heterocycles. The average Bonchev–Trinajstić information content (AvgIpc) is 2.64. The lowest BCUT2D eigenvalue weighted by Crippen LogP contribution is -2.27. The lowest BCUT2D eigenvalue weighted by Gasteiger charge is -2.20. The Labute approximate surface area is 176 Å². The Morgan fingerprint density at radius 3 is 2.07 bits per heavy atom. The summed E-state index contributed by atoms with van der Waals surface area (Å²) in [6, 6.07) is 0. The van der Waals surface area contributed by atoms with Gasteiger partial charge in [0.2, 0.25) is 0 Å². The summed E-state index contributed by atoms with van der Waals surface area (Å²) >= 11 is 1.35. The van der Waals surface area contributed by atoms with Crippen molar-refractivity contribution in [2.45, 2.75) is 103 Å². The fourth-order valence-electron chi connectivity index (χ4n) is 2.49. The Bertz CT molecular complexity index is 400. The van der Waals surface area contributed by atoms with Crippen LogP contribution in [0.15, 0.2) is 0 Å². The Kier molecular flexibility index (Phi) is 17.8. The van der Waals surface area contributed by atoms with E-state index in [1.54, 1.807) is 0 Å². The lowest BCUT2D eigenvalue weighted by atomic mass is 10.1. The predicted octanol–water partition coefficient (Wildman–Crippen LogP) is 5.74. The fourth-order valence-corrected chi connectivity index (χ4v) is 3.54. The maximum atomic E-state index is 12.4. The molecule has 0 rings (SSSR count). The second kappa shape index (κ2) is 18.3. The third kappa shape index (κ3) is 16.2. The maximum Gasteiger partial charge on any atom is 0.319 e. The summed E-state index contributed by atoms with van der Waals surface area (Å²) in [6.45, 7) is 12.0. The van der Waals surface area contributed by atoms with Crippen LogP contribution in [0.25, 0.3) is 0 Å². The zero-order chi connectivity index (χ0) is 21.2. The third-order valence-corrected chi connectivity index (χ3v) is 5.46. The fraction of sp³-hybridized carbons (Fsp3) is 0.909. The van der Waals surface area contributed by atoms with Crippen molar-refractivity contribution in [1.29, 1.82) is 0 Å². The van der Waals surface area contributed by atoms with Crippen LogP contribution >= 0.6 is 11.8 Å². The molecule has 0 N–H and O–H groups in total. The zero-order valence-electron chi connectivity index (χ0n) is 18.7. The van der Waals surface area contributed by atoms with Crippen LogP contribution in [0.4, 0.5) is 0 Å². The van der Waals surface area contributed by atoms with Crippen LogP contribution < -0.4 is 0 Å². The normalized spacial score (nSPS) is 13.4. The zero-order valence-corrected chi connectivity index (χ0v) is 19.5. The summed E-state index contributed by atoms with van der Waals surface area (Å²) in [6.07, 6.45) is 8.25. The van der Waals surface area contributed by atoms with Crippen molar-refractivity contribution >= 4 is 23.7 Å². The van der Waals surface area contributed by atoms with Gasteiger partial charge in [0.15, 0.2) is 0 Å². The molecule has 0 saturated carbocycles. The highest BCUT2D eigenvalue weighted by molar-refractivity contribution is 8.01. The van der Waals surface area contributed by atoms with E-state index in [4.69, 9.17) is 14.2 Å². The molecule has 5 nitrogen and oxygen atoms in total. The molecule has 2 atom stereocenters. The van der Waals surface area contributed by atoms with E-state index in [1.165, 1.54) is 24.6 Å². The van der Waals surface area contributed by atoms with Crippen LogP contribution in [0.1, 0.15) is 92.4 Å². The molecule has 0 aliphatic carbocycles. The topological polar surface area (TPSA) is 61.8 Å². The van der Waals surface area contributed by atoms with E-state index in [2.05, 4.69) is 13.8 Å². The quantitative estimate of drug-likeness (QED) is 0.161. The minimum Gasteiger partial charge on any atom is -0.466 e. The van der Waals surface area contributed by atoms with Gasteiger partial charge in [-0.05, 0) is 32.1 Å². The lowest BCUT2D eigenvalue weighted by molar-refractivity contribution is -0.149.